The largest absolute Gasteiger partial charge is 0.401 e. The number of aryl methyl sites for hydroxylation is 2. The van der Waals surface area contributed by atoms with Crippen LogP contribution in [0.4, 0.5) is 24.8 Å². The van der Waals surface area contributed by atoms with Gasteiger partial charge in [-0.25, -0.2) is 4.98 Å². The molecule has 4 aromatic rings. The number of nitrogens with zero attached hydrogens (tertiary/aromatic N) is 8. The van der Waals surface area contributed by atoms with Gasteiger partial charge in [0.15, 0.2) is 5.82 Å². The number of pyridine rings is 1. The van der Waals surface area contributed by atoms with Gasteiger partial charge in [0, 0.05) is 49.7 Å². The van der Waals surface area contributed by atoms with Crippen molar-refractivity contribution in [2.24, 2.45) is 7.05 Å². The van der Waals surface area contributed by atoms with Crippen LogP contribution in [0.1, 0.15) is 37.1 Å². The van der Waals surface area contributed by atoms with E-state index in [0.717, 1.165) is 11.4 Å². The highest BCUT2D eigenvalue weighted by atomic mass is 19.4. The van der Waals surface area contributed by atoms with E-state index in [-0.39, 0.29) is 18.7 Å². The summed E-state index contributed by atoms with van der Waals surface area (Å²) in [5.74, 6) is 1.71. The van der Waals surface area contributed by atoms with Gasteiger partial charge in [-0.3, -0.25) is 4.68 Å². The van der Waals surface area contributed by atoms with Gasteiger partial charge in [-0.1, -0.05) is 6.42 Å². The maximum absolute atomic E-state index is 14.1. The van der Waals surface area contributed by atoms with E-state index in [0.29, 0.717) is 54.4 Å². The van der Waals surface area contributed by atoms with Crippen molar-refractivity contribution in [3.63, 3.8) is 0 Å². The number of hydrogen-bond acceptors (Lipinski definition) is 6. The molecule has 1 fully saturated rings. The summed E-state index contributed by atoms with van der Waals surface area (Å²) >= 11 is 0. The molecule has 36 heavy (non-hydrogen) atoms. The molecule has 2 aliphatic rings. The lowest BCUT2D eigenvalue weighted by Gasteiger charge is -2.42. The zero-order valence-corrected chi connectivity index (χ0v) is 19.4. The van der Waals surface area contributed by atoms with E-state index in [1.165, 1.54) is 6.20 Å². The monoisotopic (exact) mass is 493 g/mol. The topological polar surface area (TPSA) is 102 Å². The fourth-order valence-corrected chi connectivity index (χ4v) is 5.13. The van der Waals surface area contributed by atoms with E-state index >= 15 is 0 Å². The highest BCUT2D eigenvalue weighted by Gasteiger charge is 2.62. The summed E-state index contributed by atoms with van der Waals surface area (Å²) in [7, 11) is 1.80. The van der Waals surface area contributed by atoms with Crippen molar-refractivity contribution < 1.29 is 13.2 Å². The van der Waals surface area contributed by atoms with Crippen molar-refractivity contribution in [1.29, 1.82) is 5.26 Å². The molecule has 0 unspecified atom stereocenters. The zero-order chi connectivity index (χ0) is 25.1. The second kappa shape index (κ2) is 7.94. The minimum Gasteiger partial charge on any atom is -0.344 e. The van der Waals surface area contributed by atoms with Crippen molar-refractivity contribution >= 4 is 11.6 Å². The first kappa shape index (κ1) is 22.3. The van der Waals surface area contributed by atoms with Crippen LogP contribution in [0.25, 0.3) is 22.6 Å². The fourth-order valence-electron chi connectivity index (χ4n) is 5.13. The molecule has 0 amide bonds. The molecule has 0 spiro atoms. The average Bonchev–Trinajstić information content (AvgIpc) is 3.50. The van der Waals surface area contributed by atoms with E-state index in [1.54, 1.807) is 34.6 Å². The molecule has 0 radical (unpaired) electrons. The molecule has 6 rings (SSSR count). The van der Waals surface area contributed by atoms with Crippen LogP contribution >= 0.6 is 0 Å². The van der Waals surface area contributed by atoms with Crippen LogP contribution in [0.15, 0.2) is 36.8 Å². The Hall–Kier alpha value is -4.14. The van der Waals surface area contributed by atoms with Gasteiger partial charge in [0.1, 0.15) is 28.9 Å². The summed E-state index contributed by atoms with van der Waals surface area (Å²) in [5, 5.41) is 25.4. The van der Waals surface area contributed by atoms with Crippen LogP contribution in [-0.4, -0.2) is 40.3 Å². The molecule has 0 saturated heterocycles. The second-order valence-corrected chi connectivity index (χ2v) is 9.29. The molecular weight excluding hydrogens is 471 g/mol. The lowest BCUT2D eigenvalue weighted by molar-refractivity contribution is -0.216. The summed E-state index contributed by atoms with van der Waals surface area (Å²) in [6.07, 6.45) is 1.94. The standard InChI is InChI=1S/C24H22F3N9/c1-34-20(4-7-30-34)31-19-11-17(16(12-28)13-29-19)15-10-18-21-32-33-22(23(5-2-6-23)24(25,26)27)36(21)9-3-8-35(18)14-15/h4,7,10-11,13-14H,2-3,5-6,8-9H2,1H3,(H,29,31). The average molecular weight is 493 g/mol. The number of hydrogen-bond donors (Lipinski definition) is 1. The van der Waals surface area contributed by atoms with E-state index in [4.69, 9.17) is 0 Å². The lowest BCUT2D eigenvalue weighted by Crippen LogP contribution is -2.49. The van der Waals surface area contributed by atoms with Crippen LogP contribution in [0.5, 0.6) is 0 Å². The Kier molecular flexibility index (Phi) is 4.93. The Morgan fingerprint density at radius 1 is 1.14 bits per heavy atom. The highest BCUT2D eigenvalue weighted by Crippen LogP contribution is 2.54. The van der Waals surface area contributed by atoms with Gasteiger partial charge in [-0.05, 0) is 31.4 Å². The van der Waals surface area contributed by atoms with Crippen LogP contribution in [0, 0.1) is 11.3 Å². The number of anilines is 2. The summed E-state index contributed by atoms with van der Waals surface area (Å²) in [4.78, 5) is 4.34. The first-order chi connectivity index (χ1) is 17.3. The summed E-state index contributed by atoms with van der Waals surface area (Å²) in [6, 6.07) is 7.63. The van der Waals surface area contributed by atoms with Crippen molar-refractivity contribution in [3.05, 3.63) is 48.2 Å². The molecule has 5 heterocycles. The van der Waals surface area contributed by atoms with Crippen molar-refractivity contribution in [1.82, 2.24) is 34.1 Å². The second-order valence-electron chi connectivity index (χ2n) is 9.29. The van der Waals surface area contributed by atoms with Gasteiger partial charge in [-0.15, -0.1) is 10.2 Å². The smallest absolute Gasteiger partial charge is 0.344 e. The number of halogens is 3. The third kappa shape index (κ3) is 3.30. The molecule has 0 aromatic carbocycles. The molecule has 12 heteroatoms. The molecule has 1 N–H and O–H groups in total. The molecular formula is C24H22F3N9. The maximum atomic E-state index is 14.1. The Balaban J connectivity index is 1.42. The Labute approximate surface area is 204 Å². The van der Waals surface area contributed by atoms with E-state index < -0.39 is 11.6 Å². The lowest BCUT2D eigenvalue weighted by atomic mass is 9.67. The van der Waals surface area contributed by atoms with Gasteiger partial charge in [-0.2, -0.15) is 23.5 Å². The van der Waals surface area contributed by atoms with Gasteiger partial charge >= 0.3 is 6.18 Å². The molecule has 9 nitrogen and oxygen atoms in total. The Bertz CT molecular complexity index is 1500. The quantitative estimate of drug-likeness (QED) is 0.448. The highest BCUT2D eigenvalue weighted by molar-refractivity contribution is 5.77. The summed E-state index contributed by atoms with van der Waals surface area (Å²) < 4.78 is 47.5. The van der Waals surface area contributed by atoms with Crippen molar-refractivity contribution in [2.75, 3.05) is 5.32 Å². The number of nitriles is 1. The molecule has 0 atom stereocenters. The molecule has 0 bridgehead atoms. The van der Waals surface area contributed by atoms with Crippen molar-refractivity contribution in [2.45, 2.75) is 50.4 Å². The van der Waals surface area contributed by atoms with E-state index in [9.17, 15) is 18.4 Å². The van der Waals surface area contributed by atoms with Gasteiger partial charge in [0.05, 0.1) is 17.5 Å². The minimum atomic E-state index is -4.37. The molecule has 184 valence electrons. The summed E-state index contributed by atoms with van der Waals surface area (Å²) in [6.45, 7) is 1.04. The van der Waals surface area contributed by atoms with Gasteiger partial charge < -0.3 is 14.5 Å². The molecule has 1 saturated carbocycles. The Morgan fingerprint density at radius 3 is 2.64 bits per heavy atom. The van der Waals surface area contributed by atoms with E-state index in [1.807, 2.05) is 16.8 Å². The number of alkyl halides is 3. The third-order valence-corrected chi connectivity index (χ3v) is 7.25. The van der Waals surface area contributed by atoms with Crippen LogP contribution in [0.2, 0.25) is 0 Å². The fraction of sp³-hybridized carbons (Fsp3) is 0.375. The van der Waals surface area contributed by atoms with E-state index in [2.05, 4.69) is 31.7 Å². The maximum Gasteiger partial charge on any atom is 0.401 e. The predicted molar refractivity (Wildman–Crippen MR) is 124 cm³/mol. The minimum absolute atomic E-state index is 0.0109. The van der Waals surface area contributed by atoms with Crippen LogP contribution < -0.4 is 5.32 Å². The Morgan fingerprint density at radius 2 is 1.97 bits per heavy atom. The van der Waals surface area contributed by atoms with Gasteiger partial charge in [0.25, 0.3) is 0 Å². The molecule has 1 aliphatic carbocycles. The molecule has 4 aromatic heterocycles. The van der Waals surface area contributed by atoms with Crippen molar-refractivity contribution in [3.8, 4) is 28.7 Å². The first-order valence-corrected chi connectivity index (χ1v) is 11.7. The first-order valence-electron chi connectivity index (χ1n) is 11.7. The SMILES string of the molecule is Cn1nccc1Nc1cc(-c2cc3n(c2)CCCn2c-3nnc2C2(C(F)(F)F)CCC2)c(C#N)cn1. The zero-order valence-electron chi connectivity index (χ0n) is 19.4. The number of aromatic nitrogens is 7. The number of nitrogens with one attached hydrogen (secondary N) is 1. The predicted octanol–water partition coefficient (Wildman–Crippen LogP) is 4.55. The van der Waals surface area contributed by atoms with Crippen LogP contribution in [0.3, 0.4) is 0 Å². The summed E-state index contributed by atoms with van der Waals surface area (Å²) in [5.41, 5.74) is 0.562. The van der Waals surface area contributed by atoms with Gasteiger partial charge in [0.2, 0.25) is 0 Å². The number of fused-ring (bicyclic) bond motifs is 3. The third-order valence-electron chi connectivity index (χ3n) is 7.25. The number of rotatable bonds is 4. The molecule has 1 aliphatic heterocycles. The normalized spacial score (nSPS) is 16.4. The van der Waals surface area contributed by atoms with Crippen LogP contribution in [-0.2, 0) is 25.6 Å².